The van der Waals surface area contributed by atoms with E-state index in [2.05, 4.69) is 71.3 Å². The summed E-state index contributed by atoms with van der Waals surface area (Å²) in [5.41, 5.74) is 1.29. The molecule has 1 heterocycles. The van der Waals surface area contributed by atoms with Crippen molar-refractivity contribution in [3.8, 4) is 0 Å². The molecule has 13 heavy (non-hydrogen) atoms. The third-order valence-corrected chi connectivity index (χ3v) is 4.42. The Morgan fingerprint density at radius 3 is 2.23 bits per heavy atom. The summed E-state index contributed by atoms with van der Waals surface area (Å²) in [6.45, 7) is 9.56. The Balaban J connectivity index is 3.25. The average molecular weight is 357 g/mol. The molecule has 0 fully saturated rings. The molecule has 2 nitrogen and oxygen atoms in total. The van der Waals surface area contributed by atoms with E-state index in [1.807, 2.05) is 4.68 Å². The fraction of sp³-hybridized carbons (Fsp3) is 0.667. The summed E-state index contributed by atoms with van der Waals surface area (Å²) < 4.78 is 4.31. The molecule has 0 aromatic carbocycles. The van der Waals surface area contributed by atoms with Gasteiger partial charge in [0.15, 0.2) is 0 Å². The van der Waals surface area contributed by atoms with Crippen LogP contribution in [0.15, 0.2) is 4.60 Å². The Morgan fingerprint density at radius 1 is 1.46 bits per heavy atom. The highest BCUT2D eigenvalue weighted by atomic mass is 127. The Kier molecular flexibility index (Phi) is 3.43. The van der Waals surface area contributed by atoms with Crippen molar-refractivity contribution in [1.29, 1.82) is 0 Å². The summed E-state index contributed by atoms with van der Waals surface area (Å²) >= 11 is 5.89. The largest absolute Gasteiger partial charge is 0.257 e. The predicted octanol–water partition coefficient (Wildman–Crippen LogP) is 3.57. The van der Waals surface area contributed by atoms with Crippen molar-refractivity contribution in [2.24, 2.45) is 0 Å². The van der Waals surface area contributed by atoms with Crippen molar-refractivity contribution in [2.45, 2.75) is 39.7 Å². The van der Waals surface area contributed by atoms with Crippen LogP contribution in [-0.2, 0) is 12.0 Å². The zero-order valence-electron chi connectivity index (χ0n) is 8.36. The highest BCUT2D eigenvalue weighted by Crippen LogP contribution is 2.30. The van der Waals surface area contributed by atoms with Crippen LogP contribution in [-0.4, -0.2) is 9.78 Å². The van der Waals surface area contributed by atoms with Crippen molar-refractivity contribution in [3.05, 3.63) is 13.9 Å². The normalized spacial score (nSPS) is 12.2. The van der Waals surface area contributed by atoms with Crippen LogP contribution < -0.4 is 0 Å². The molecule has 0 spiro atoms. The molecule has 74 valence electrons. The molecule has 0 saturated heterocycles. The van der Waals surface area contributed by atoms with Crippen LogP contribution in [0.1, 0.15) is 33.4 Å². The highest BCUT2D eigenvalue weighted by molar-refractivity contribution is 14.1. The standard InChI is InChI=1S/C9H14BrIN2/c1-5-13-8(10)6(11)7(12-13)9(2,3)4/h5H2,1-4H3. The number of rotatable bonds is 1. The lowest BCUT2D eigenvalue weighted by Crippen LogP contribution is -2.14. The minimum Gasteiger partial charge on any atom is -0.257 e. The molecule has 0 aliphatic rings. The van der Waals surface area contributed by atoms with Crippen LogP contribution in [0.5, 0.6) is 0 Å². The van der Waals surface area contributed by atoms with E-state index in [4.69, 9.17) is 0 Å². The SMILES string of the molecule is CCn1nc(C(C)(C)C)c(I)c1Br. The van der Waals surface area contributed by atoms with Crippen molar-refractivity contribution < 1.29 is 0 Å². The van der Waals surface area contributed by atoms with E-state index in [1.54, 1.807) is 0 Å². The maximum Gasteiger partial charge on any atom is 0.117 e. The van der Waals surface area contributed by atoms with Gasteiger partial charge >= 0.3 is 0 Å². The third-order valence-electron chi connectivity index (χ3n) is 1.85. The van der Waals surface area contributed by atoms with Crippen LogP contribution in [0.3, 0.4) is 0 Å². The molecule has 0 aliphatic carbocycles. The van der Waals surface area contributed by atoms with Gasteiger partial charge in [-0.05, 0) is 45.4 Å². The summed E-state index contributed by atoms with van der Waals surface area (Å²) in [6, 6.07) is 0. The second-order valence-corrected chi connectivity index (χ2v) is 5.85. The Hall–Kier alpha value is 0.420. The van der Waals surface area contributed by atoms with Gasteiger partial charge < -0.3 is 0 Å². The molecule has 0 unspecified atom stereocenters. The van der Waals surface area contributed by atoms with Gasteiger partial charge in [-0.3, -0.25) is 4.68 Å². The lowest BCUT2D eigenvalue weighted by Gasteiger charge is -2.15. The van der Waals surface area contributed by atoms with E-state index < -0.39 is 0 Å². The van der Waals surface area contributed by atoms with Crippen molar-refractivity contribution in [3.63, 3.8) is 0 Å². The fourth-order valence-corrected chi connectivity index (χ4v) is 2.82. The molecular formula is C9H14BrIN2. The van der Waals surface area contributed by atoms with Crippen LogP contribution in [0, 0.1) is 3.57 Å². The van der Waals surface area contributed by atoms with Gasteiger partial charge in [0.05, 0.1) is 9.26 Å². The maximum atomic E-state index is 4.56. The molecule has 1 aromatic rings. The van der Waals surface area contributed by atoms with E-state index in [-0.39, 0.29) is 5.41 Å². The van der Waals surface area contributed by atoms with Gasteiger partial charge in [0, 0.05) is 12.0 Å². The van der Waals surface area contributed by atoms with E-state index in [1.165, 1.54) is 9.26 Å². The highest BCUT2D eigenvalue weighted by Gasteiger charge is 2.23. The molecule has 0 N–H and O–H groups in total. The van der Waals surface area contributed by atoms with Crippen molar-refractivity contribution in [2.75, 3.05) is 0 Å². The zero-order chi connectivity index (χ0) is 10.2. The van der Waals surface area contributed by atoms with E-state index in [0.29, 0.717) is 0 Å². The van der Waals surface area contributed by atoms with Crippen LogP contribution in [0.4, 0.5) is 0 Å². The Bertz CT molecular complexity index is 312. The summed E-state index contributed by atoms with van der Waals surface area (Å²) in [5, 5.41) is 4.56. The average Bonchev–Trinajstić information content (AvgIpc) is 2.28. The van der Waals surface area contributed by atoms with Crippen molar-refractivity contribution in [1.82, 2.24) is 9.78 Å². The first-order chi connectivity index (χ1) is 5.88. The molecule has 0 radical (unpaired) electrons. The lowest BCUT2D eigenvalue weighted by molar-refractivity contribution is 0.537. The molecule has 0 bridgehead atoms. The second-order valence-electron chi connectivity index (χ2n) is 4.02. The molecule has 1 rings (SSSR count). The van der Waals surface area contributed by atoms with Crippen molar-refractivity contribution >= 4 is 38.5 Å². The number of aromatic nitrogens is 2. The monoisotopic (exact) mass is 356 g/mol. The van der Waals surface area contributed by atoms with Crippen LogP contribution in [0.25, 0.3) is 0 Å². The lowest BCUT2D eigenvalue weighted by atomic mass is 9.93. The van der Waals surface area contributed by atoms with E-state index in [9.17, 15) is 0 Å². The number of hydrogen-bond acceptors (Lipinski definition) is 1. The predicted molar refractivity (Wildman–Crippen MR) is 67.0 cm³/mol. The number of halogens is 2. The van der Waals surface area contributed by atoms with E-state index >= 15 is 0 Å². The number of hydrogen-bond donors (Lipinski definition) is 0. The van der Waals surface area contributed by atoms with Crippen LogP contribution >= 0.6 is 38.5 Å². The topological polar surface area (TPSA) is 17.8 Å². The summed E-state index contributed by atoms with van der Waals surface area (Å²) in [6.07, 6.45) is 0. The molecule has 0 saturated carbocycles. The zero-order valence-corrected chi connectivity index (χ0v) is 12.1. The first-order valence-corrected chi connectivity index (χ1v) is 6.17. The van der Waals surface area contributed by atoms with Gasteiger partial charge in [-0.25, -0.2) is 0 Å². The van der Waals surface area contributed by atoms with Gasteiger partial charge in [-0.1, -0.05) is 20.8 Å². The Morgan fingerprint density at radius 2 is 2.00 bits per heavy atom. The molecule has 4 heteroatoms. The summed E-state index contributed by atoms with van der Waals surface area (Å²) in [7, 11) is 0. The molecule has 0 amide bonds. The number of nitrogens with zero attached hydrogens (tertiary/aromatic N) is 2. The maximum absolute atomic E-state index is 4.56. The van der Waals surface area contributed by atoms with Crippen LogP contribution in [0.2, 0.25) is 0 Å². The third kappa shape index (κ3) is 2.26. The van der Waals surface area contributed by atoms with Gasteiger partial charge in [-0.2, -0.15) is 5.10 Å². The summed E-state index contributed by atoms with van der Waals surface area (Å²) in [5.74, 6) is 0. The molecule has 1 aromatic heterocycles. The second kappa shape index (κ2) is 3.88. The Labute approximate surface area is 101 Å². The molecule has 0 atom stereocenters. The van der Waals surface area contributed by atoms with Gasteiger partial charge in [0.1, 0.15) is 4.60 Å². The first-order valence-electron chi connectivity index (χ1n) is 4.30. The first kappa shape index (κ1) is 11.5. The van der Waals surface area contributed by atoms with Gasteiger partial charge in [-0.15, -0.1) is 0 Å². The smallest absolute Gasteiger partial charge is 0.117 e. The number of aryl methyl sites for hydroxylation is 1. The van der Waals surface area contributed by atoms with E-state index in [0.717, 1.165) is 11.1 Å². The molecular weight excluding hydrogens is 343 g/mol. The molecule has 0 aliphatic heterocycles. The minimum atomic E-state index is 0.124. The summed E-state index contributed by atoms with van der Waals surface area (Å²) in [4.78, 5) is 0. The quantitative estimate of drug-likeness (QED) is 0.703. The van der Waals surface area contributed by atoms with Gasteiger partial charge in [0.25, 0.3) is 0 Å². The van der Waals surface area contributed by atoms with Gasteiger partial charge in [0.2, 0.25) is 0 Å². The minimum absolute atomic E-state index is 0.124. The fourth-order valence-electron chi connectivity index (χ4n) is 1.11.